The number of ether oxygens (including phenoxy) is 1. The molecule has 0 aliphatic carbocycles. The van der Waals surface area contributed by atoms with E-state index in [1.165, 1.54) is 17.3 Å². The van der Waals surface area contributed by atoms with Gasteiger partial charge in [-0.1, -0.05) is 0 Å². The van der Waals surface area contributed by atoms with Crippen molar-refractivity contribution < 1.29 is 13.9 Å². The minimum atomic E-state index is -0.530. The number of nitrogens with one attached hydrogen (secondary N) is 2. The maximum Gasteiger partial charge on any atom is 0.262 e. The van der Waals surface area contributed by atoms with E-state index in [1.807, 2.05) is 31.2 Å². The Morgan fingerprint density at radius 1 is 1.08 bits per heavy atom. The highest BCUT2D eigenvalue weighted by Crippen LogP contribution is 2.34. The number of fused-ring (bicyclic) bond motifs is 1. The van der Waals surface area contributed by atoms with Gasteiger partial charge in [-0.05, 0) is 56.4 Å². The van der Waals surface area contributed by atoms with E-state index in [0.29, 0.717) is 10.9 Å². The first-order valence-electron chi connectivity index (χ1n) is 12.1. The number of piperazine rings is 1. The summed E-state index contributed by atoms with van der Waals surface area (Å²) in [5.74, 6) is -0.685. The van der Waals surface area contributed by atoms with Crippen molar-refractivity contribution in [2.75, 3.05) is 57.5 Å². The van der Waals surface area contributed by atoms with E-state index in [0.717, 1.165) is 43.2 Å². The van der Waals surface area contributed by atoms with Crippen molar-refractivity contribution in [3.8, 4) is 11.6 Å². The number of carbonyl (C=O) groups excluding carboxylic acids is 1. The Morgan fingerprint density at radius 3 is 2.51 bits per heavy atom. The van der Waals surface area contributed by atoms with Crippen molar-refractivity contribution in [1.29, 1.82) is 0 Å². The van der Waals surface area contributed by atoms with Gasteiger partial charge in [0.2, 0.25) is 5.88 Å². The maximum atomic E-state index is 15.2. The molecule has 37 heavy (non-hydrogen) atoms. The summed E-state index contributed by atoms with van der Waals surface area (Å²) < 4.78 is 21.1. The molecule has 5 rings (SSSR count). The number of nitrogens with zero attached hydrogens (tertiary/aromatic N) is 5. The second kappa shape index (κ2) is 10.1. The molecule has 9 nitrogen and oxygen atoms in total. The third-order valence-electron chi connectivity index (χ3n) is 6.47. The van der Waals surface area contributed by atoms with Crippen LogP contribution in [0.5, 0.6) is 11.6 Å². The minimum absolute atomic E-state index is 0.0273. The number of hydrogen-bond donors (Lipinski definition) is 2. The second-order valence-electron chi connectivity index (χ2n) is 9.46. The van der Waals surface area contributed by atoms with Crippen LogP contribution in [0.1, 0.15) is 16.1 Å². The summed E-state index contributed by atoms with van der Waals surface area (Å²) in [6.07, 6.45) is 1.29. The van der Waals surface area contributed by atoms with E-state index in [-0.39, 0.29) is 28.9 Å². The minimum Gasteiger partial charge on any atom is -0.435 e. The van der Waals surface area contributed by atoms with Crippen molar-refractivity contribution in [3.63, 3.8) is 0 Å². The summed E-state index contributed by atoms with van der Waals surface area (Å²) in [4.78, 5) is 30.8. The van der Waals surface area contributed by atoms with E-state index in [2.05, 4.69) is 37.1 Å². The van der Waals surface area contributed by atoms with Gasteiger partial charge >= 0.3 is 0 Å². The highest BCUT2D eigenvalue weighted by Gasteiger charge is 2.24. The zero-order valence-electron chi connectivity index (χ0n) is 21.4. The lowest BCUT2D eigenvalue weighted by Crippen LogP contribution is -2.44. The fraction of sp³-hybridized carbons (Fsp3) is 0.296. The van der Waals surface area contributed by atoms with Gasteiger partial charge in [-0.25, -0.2) is 14.4 Å². The number of H-pyrrole nitrogens is 1. The zero-order chi connectivity index (χ0) is 26.1. The lowest BCUT2D eigenvalue weighted by atomic mass is 10.2. The van der Waals surface area contributed by atoms with Gasteiger partial charge in [-0.2, -0.15) is 0 Å². The molecule has 1 fully saturated rings. The predicted molar refractivity (Wildman–Crippen MR) is 143 cm³/mol. The number of carbonyl (C=O) groups is 1. The SMILES string of the molecule is Cc1cc2c(F)c(Oc3ncnc(Nc4ccc(N5CCN(C)CC5)cc4)c3C(=O)N(C)C)ccc2[nH]1. The highest BCUT2D eigenvalue weighted by atomic mass is 19.1. The molecule has 2 aromatic carbocycles. The fourth-order valence-electron chi connectivity index (χ4n) is 4.39. The third kappa shape index (κ3) is 5.05. The molecular weight excluding hydrogens is 473 g/mol. The third-order valence-corrected chi connectivity index (χ3v) is 6.47. The van der Waals surface area contributed by atoms with Crippen LogP contribution in [0.2, 0.25) is 0 Å². The second-order valence-corrected chi connectivity index (χ2v) is 9.46. The molecule has 0 spiro atoms. The Morgan fingerprint density at radius 2 is 1.81 bits per heavy atom. The monoisotopic (exact) mass is 503 g/mol. The number of hydrogen-bond acceptors (Lipinski definition) is 7. The van der Waals surface area contributed by atoms with Crippen molar-refractivity contribution in [3.05, 3.63) is 65.9 Å². The van der Waals surface area contributed by atoms with Gasteiger partial charge in [0.1, 0.15) is 11.9 Å². The standard InChI is InChI=1S/C27H30FN7O2/c1-17-15-20-21(31-17)9-10-22(24(20)28)37-26-23(27(36)33(2)3)25(29-16-30-26)32-18-5-7-19(8-6-18)35-13-11-34(4)12-14-35/h5-10,15-16,31H,11-14H2,1-4H3,(H,29,30,32). The molecule has 10 heteroatoms. The zero-order valence-corrected chi connectivity index (χ0v) is 21.4. The maximum absolute atomic E-state index is 15.2. The van der Waals surface area contributed by atoms with Crippen molar-refractivity contribution in [1.82, 2.24) is 24.8 Å². The summed E-state index contributed by atoms with van der Waals surface area (Å²) in [5, 5.41) is 3.62. The largest absolute Gasteiger partial charge is 0.435 e. The molecule has 1 aliphatic heterocycles. The number of aromatic amines is 1. The first-order valence-corrected chi connectivity index (χ1v) is 12.1. The van der Waals surface area contributed by atoms with Gasteiger partial charge in [0, 0.05) is 68.2 Å². The Labute approximate surface area is 214 Å². The molecule has 1 aliphatic rings. The molecule has 2 N–H and O–H groups in total. The van der Waals surface area contributed by atoms with Gasteiger partial charge in [-0.15, -0.1) is 0 Å². The summed E-state index contributed by atoms with van der Waals surface area (Å²) in [7, 11) is 5.39. The van der Waals surface area contributed by atoms with Crippen LogP contribution < -0.4 is 15.0 Å². The van der Waals surface area contributed by atoms with Crippen molar-refractivity contribution >= 4 is 34.0 Å². The van der Waals surface area contributed by atoms with Crippen molar-refractivity contribution in [2.24, 2.45) is 0 Å². The molecule has 4 aromatic rings. The van der Waals surface area contributed by atoms with Gasteiger partial charge in [0.25, 0.3) is 5.91 Å². The van der Waals surface area contributed by atoms with Crippen LogP contribution in [0.3, 0.4) is 0 Å². The van der Waals surface area contributed by atoms with Gasteiger partial charge < -0.3 is 29.7 Å². The Balaban J connectivity index is 1.44. The van der Waals surface area contributed by atoms with Crippen LogP contribution in [-0.2, 0) is 0 Å². The number of amides is 1. The fourth-order valence-corrected chi connectivity index (χ4v) is 4.39. The van der Waals surface area contributed by atoms with Gasteiger partial charge in [-0.3, -0.25) is 4.79 Å². The lowest BCUT2D eigenvalue weighted by molar-refractivity contribution is 0.0825. The number of halogens is 1. The first-order chi connectivity index (χ1) is 17.8. The summed E-state index contributed by atoms with van der Waals surface area (Å²) in [6, 6.07) is 12.9. The predicted octanol–water partition coefficient (Wildman–Crippen LogP) is 4.39. The smallest absolute Gasteiger partial charge is 0.262 e. The molecule has 0 bridgehead atoms. The van der Waals surface area contributed by atoms with E-state index >= 15 is 4.39 Å². The number of rotatable bonds is 6. The molecule has 1 saturated heterocycles. The molecule has 0 saturated carbocycles. The molecule has 0 atom stereocenters. The molecule has 3 heterocycles. The Hall–Kier alpha value is -4.18. The Bertz CT molecular complexity index is 1430. The number of aryl methyl sites for hydroxylation is 1. The topological polar surface area (TPSA) is 89.6 Å². The lowest BCUT2D eigenvalue weighted by Gasteiger charge is -2.34. The quantitative estimate of drug-likeness (QED) is 0.403. The molecule has 1 amide bonds. The van der Waals surface area contributed by atoms with Crippen LogP contribution >= 0.6 is 0 Å². The molecule has 0 radical (unpaired) electrons. The van der Waals surface area contributed by atoms with Crippen LogP contribution in [-0.4, -0.2) is 78.0 Å². The Kier molecular flexibility index (Phi) is 6.66. The van der Waals surface area contributed by atoms with Gasteiger partial charge in [0.15, 0.2) is 17.4 Å². The first kappa shape index (κ1) is 24.5. The number of benzene rings is 2. The van der Waals surface area contributed by atoms with Crippen LogP contribution in [0.15, 0.2) is 48.8 Å². The van der Waals surface area contributed by atoms with Crippen LogP contribution in [0.25, 0.3) is 10.9 Å². The van der Waals surface area contributed by atoms with E-state index in [1.54, 1.807) is 26.2 Å². The molecule has 0 unspecified atom stereocenters. The summed E-state index contributed by atoms with van der Waals surface area (Å²) in [6.45, 7) is 5.85. The average molecular weight is 504 g/mol. The van der Waals surface area contributed by atoms with E-state index in [9.17, 15) is 4.79 Å². The molecule has 192 valence electrons. The highest BCUT2D eigenvalue weighted by molar-refractivity contribution is 6.01. The van der Waals surface area contributed by atoms with E-state index < -0.39 is 5.82 Å². The van der Waals surface area contributed by atoms with Crippen molar-refractivity contribution in [2.45, 2.75) is 6.92 Å². The van der Waals surface area contributed by atoms with E-state index in [4.69, 9.17) is 4.74 Å². The number of aromatic nitrogens is 3. The number of likely N-dealkylation sites (N-methyl/N-ethyl adjacent to an activating group) is 1. The average Bonchev–Trinajstić information content (AvgIpc) is 3.28. The number of anilines is 3. The normalized spacial score (nSPS) is 14.1. The van der Waals surface area contributed by atoms with Gasteiger partial charge in [0.05, 0.1) is 0 Å². The molecule has 2 aromatic heterocycles. The molecular formula is C27H30FN7O2. The summed E-state index contributed by atoms with van der Waals surface area (Å²) >= 11 is 0. The summed E-state index contributed by atoms with van der Waals surface area (Å²) in [5.41, 5.74) is 3.51. The van der Waals surface area contributed by atoms with Crippen LogP contribution in [0, 0.1) is 12.7 Å². The van der Waals surface area contributed by atoms with Crippen LogP contribution in [0.4, 0.5) is 21.6 Å².